The highest BCUT2D eigenvalue weighted by Crippen LogP contribution is 2.23. The molecule has 0 N–H and O–H groups in total. The first-order valence-electron chi connectivity index (χ1n) is 6.49. The fourth-order valence-electron chi connectivity index (χ4n) is 2.07. The summed E-state index contributed by atoms with van der Waals surface area (Å²) in [5.74, 6) is 0.736. The lowest BCUT2D eigenvalue weighted by atomic mass is 10.2. The van der Waals surface area contributed by atoms with Crippen LogP contribution in [0.1, 0.15) is 18.2 Å². The molecule has 0 aliphatic heterocycles. The van der Waals surface area contributed by atoms with Gasteiger partial charge >= 0.3 is 0 Å². The van der Waals surface area contributed by atoms with Crippen LogP contribution in [0.25, 0.3) is 0 Å². The van der Waals surface area contributed by atoms with Crippen LogP contribution in [0.5, 0.6) is 5.75 Å². The lowest BCUT2D eigenvalue weighted by molar-refractivity contribution is 0.409. The largest absolute Gasteiger partial charge is 0.496 e. The van der Waals surface area contributed by atoms with E-state index in [4.69, 9.17) is 4.74 Å². The van der Waals surface area contributed by atoms with Gasteiger partial charge in [0.25, 0.3) is 0 Å². The van der Waals surface area contributed by atoms with Crippen LogP contribution in [-0.2, 0) is 13.0 Å². The third-order valence-corrected chi connectivity index (χ3v) is 3.14. The van der Waals surface area contributed by atoms with Crippen molar-refractivity contribution in [3.05, 3.63) is 47.7 Å². The topological polar surface area (TPSA) is 38.2 Å². The lowest BCUT2D eigenvalue weighted by Crippen LogP contribution is -2.20. The fourth-order valence-corrected chi connectivity index (χ4v) is 2.07. The summed E-state index contributed by atoms with van der Waals surface area (Å²) >= 11 is 0. The third-order valence-electron chi connectivity index (χ3n) is 3.14. The zero-order chi connectivity index (χ0) is 14.5. The summed E-state index contributed by atoms with van der Waals surface area (Å²) < 4.78 is 19.5. The number of para-hydroxylation sites is 1. The zero-order valence-electron chi connectivity index (χ0n) is 11.9. The molecule has 4 nitrogen and oxygen atoms in total. The van der Waals surface area contributed by atoms with E-state index in [-0.39, 0.29) is 5.82 Å². The van der Waals surface area contributed by atoms with E-state index in [1.54, 1.807) is 19.1 Å². The summed E-state index contributed by atoms with van der Waals surface area (Å²) in [6.45, 7) is 2.39. The molecule has 0 atom stereocenters. The Morgan fingerprint density at radius 1 is 1.25 bits per heavy atom. The van der Waals surface area contributed by atoms with Crippen molar-refractivity contribution in [3.63, 3.8) is 0 Å². The number of rotatable bonds is 5. The van der Waals surface area contributed by atoms with Crippen molar-refractivity contribution >= 4 is 5.82 Å². The molecule has 0 bridgehead atoms. The average Bonchev–Trinajstić information content (AvgIpc) is 2.48. The Morgan fingerprint density at radius 2 is 2.00 bits per heavy atom. The van der Waals surface area contributed by atoms with Gasteiger partial charge in [-0.3, -0.25) is 0 Å². The first kappa shape index (κ1) is 14.2. The van der Waals surface area contributed by atoms with Gasteiger partial charge in [0, 0.05) is 19.2 Å². The van der Waals surface area contributed by atoms with Crippen molar-refractivity contribution in [1.29, 1.82) is 0 Å². The number of hydrogen-bond acceptors (Lipinski definition) is 4. The monoisotopic (exact) mass is 275 g/mol. The van der Waals surface area contributed by atoms with E-state index in [0.29, 0.717) is 24.5 Å². The number of methoxy groups -OCH3 is 1. The summed E-state index contributed by atoms with van der Waals surface area (Å²) in [5.41, 5.74) is 1.41. The maximum atomic E-state index is 14.2. The maximum absolute atomic E-state index is 14.2. The minimum absolute atomic E-state index is 0.308. The van der Waals surface area contributed by atoms with Crippen LogP contribution in [0.15, 0.2) is 30.6 Å². The van der Waals surface area contributed by atoms with Gasteiger partial charge in [0.2, 0.25) is 0 Å². The molecule has 2 rings (SSSR count). The number of ether oxygens (including phenoxy) is 1. The molecule has 20 heavy (non-hydrogen) atoms. The number of halogens is 1. The second-order valence-corrected chi connectivity index (χ2v) is 4.48. The molecule has 0 saturated heterocycles. The summed E-state index contributed by atoms with van der Waals surface area (Å²) in [4.78, 5) is 9.74. The Labute approximate surface area is 118 Å². The number of nitrogens with zero attached hydrogens (tertiary/aromatic N) is 3. The lowest BCUT2D eigenvalue weighted by Gasteiger charge is -2.20. The van der Waals surface area contributed by atoms with Gasteiger partial charge in [0.05, 0.1) is 12.8 Å². The zero-order valence-corrected chi connectivity index (χ0v) is 11.9. The molecule has 1 aromatic heterocycles. The van der Waals surface area contributed by atoms with Gasteiger partial charge < -0.3 is 9.64 Å². The van der Waals surface area contributed by atoms with Gasteiger partial charge in [-0.05, 0) is 12.5 Å². The van der Waals surface area contributed by atoms with Crippen LogP contribution in [-0.4, -0.2) is 24.1 Å². The molecule has 1 heterocycles. The van der Waals surface area contributed by atoms with E-state index in [1.165, 1.54) is 6.33 Å². The summed E-state index contributed by atoms with van der Waals surface area (Å²) in [5, 5.41) is 0. The molecule has 0 amide bonds. The standard InChI is InChI=1S/C15H18FN3O/c1-4-12-14(16)15(18-10-17-12)19(2)9-11-7-5-6-8-13(11)20-3/h5-8,10H,4,9H2,1-3H3. The van der Waals surface area contributed by atoms with E-state index >= 15 is 0 Å². The Balaban J connectivity index is 2.26. The van der Waals surface area contributed by atoms with Crippen molar-refractivity contribution < 1.29 is 9.13 Å². The molecule has 5 heteroatoms. The Kier molecular flexibility index (Phi) is 4.50. The second kappa shape index (κ2) is 6.32. The van der Waals surface area contributed by atoms with Gasteiger partial charge in [-0.1, -0.05) is 25.1 Å². The van der Waals surface area contributed by atoms with Crippen LogP contribution in [0.4, 0.5) is 10.2 Å². The fraction of sp³-hybridized carbons (Fsp3) is 0.333. The molecule has 0 unspecified atom stereocenters. The molecule has 1 aromatic carbocycles. The summed E-state index contributed by atoms with van der Waals surface area (Å²) in [6.07, 6.45) is 1.94. The normalized spacial score (nSPS) is 10.4. The number of aryl methyl sites for hydroxylation is 1. The van der Waals surface area contributed by atoms with Crippen molar-refractivity contribution in [1.82, 2.24) is 9.97 Å². The van der Waals surface area contributed by atoms with Crippen molar-refractivity contribution in [2.24, 2.45) is 0 Å². The smallest absolute Gasteiger partial charge is 0.187 e. The van der Waals surface area contributed by atoms with Crippen LogP contribution >= 0.6 is 0 Å². The highest BCUT2D eigenvalue weighted by molar-refractivity contribution is 5.43. The predicted octanol–water partition coefficient (Wildman–Crippen LogP) is 2.82. The van der Waals surface area contributed by atoms with Gasteiger partial charge in [-0.25, -0.2) is 14.4 Å². The van der Waals surface area contributed by atoms with Crippen LogP contribution in [0.3, 0.4) is 0 Å². The molecule has 106 valence electrons. The molecule has 0 saturated carbocycles. The molecular formula is C15H18FN3O. The summed E-state index contributed by atoms with van der Waals surface area (Å²) in [7, 11) is 3.43. The molecular weight excluding hydrogens is 257 g/mol. The van der Waals surface area contributed by atoms with E-state index in [1.807, 2.05) is 31.2 Å². The highest BCUT2D eigenvalue weighted by Gasteiger charge is 2.15. The van der Waals surface area contributed by atoms with Gasteiger partial charge in [-0.15, -0.1) is 0 Å². The minimum Gasteiger partial charge on any atom is -0.496 e. The number of benzene rings is 1. The molecule has 2 aromatic rings. The number of aromatic nitrogens is 2. The number of anilines is 1. The van der Waals surface area contributed by atoms with Crippen molar-refractivity contribution in [2.45, 2.75) is 19.9 Å². The van der Waals surface area contributed by atoms with Gasteiger partial charge in [-0.2, -0.15) is 0 Å². The quantitative estimate of drug-likeness (QED) is 0.841. The van der Waals surface area contributed by atoms with E-state index < -0.39 is 0 Å². The van der Waals surface area contributed by atoms with Gasteiger partial charge in [0.1, 0.15) is 12.1 Å². The van der Waals surface area contributed by atoms with E-state index in [0.717, 1.165) is 11.3 Å². The Morgan fingerprint density at radius 3 is 2.70 bits per heavy atom. The third kappa shape index (κ3) is 2.87. The minimum atomic E-state index is -0.354. The van der Waals surface area contributed by atoms with E-state index in [9.17, 15) is 4.39 Å². The molecule has 0 fully saturated rings. The first-order chi connectivity index (χ1) is 9.67. The number of hydrogen-bond donors (Lipinski definition) is 0. The van der Waals surface area contributed by atoms with Crippen LogP contribution < -0.4 is 9.64 Å². The Hall–Kier alpha value is -2.17. The van der Waals surface area contributed by atoms with Crippen molar-refractivity contribution in [3.8, 4) is 5.75 Å². The van der Waals surface area contributed by atoms with Crippen LogP contribution in [0, 0.1) is 5.82 Å². The van der Waals surface area contributed by atoms with Crippen molar-refractivity contribution in [2.75, 3.05) is 19.1 Å². The molecule has 0 aliphatic rings. The molecule has 0 radical (unpaired) electrons. The SMILES string of the molecule is CCc1ncnc(N(C)Cc2ccccc2OC)c1F. The average molecular weight is 275 g/mol. The summed E-state index contributed by atoms with van der Waals surface area (Å²) in [6, 6.07) is 7.68. The predicted molar refractivity (Wildman–Crippen MR) is 76.5 cm³/mol. The second-order valence-electron chi connectivity index (χ2n) is 4.48. The van der Waals surface area contributed by atoms with Crippen LogP contribution in [0.2, 0.25) is 0 Å². The van der Waals surface area contributed by atoms with Gasteiger partial charge in [0.15, 0.2) is 11.6 Å². The first-order valence-corrected chi connectivity index (χ1v) is 6.49. The molecule has 0 spiro atoms. The van der Waals surface area contributed by atoms with E-state index in [2.05, 4.69) is 9.97 Å². The Bertz CT molecular complexity index is 589. The highest BCUT2D eigenvalue weighted by atomic mass is 19.1. The maximum Gasteiger partial charge on any atom is 0.187 e. The molecule has 0 aliphatic carbocycles.